The zero-order chi connectivity index (χ0) is 17.5. The molecule has 0 unspecified atom stereocenters. The number of carbonyl (C=O) groups is 1. The Bertz CT molecular complexity index is 766. The molecule has 0 aromatic heterocycles. The Morgan fingerprint density at radius 3 is 2.32 bits per heavy atom. The zero-order valence-electron chi connectivity index (χ0n) is 13.9. The van der Waals surface area contributed by atoms with Crippen LogP contribution in [0.4, 0.5) is 4.39 Å². The zero-order valence-corrected chi connectivity index (χ0v) is 13.9. The Morgan fingerprint density at radius 1 is 1.08 bits per heavy atom. The van der Waals surface area contributed by atoms with Gasteiger partial charge in [-0.15, -0.1) is 0 Å². The van der Waals surface area contributed by atoms with Crippen LogP contribution in [0, 0.1) is 23.6 Å². The molecule has 0 aliphatic carbocycles. The van der Waals surface area contributed by atoms with Crippen LogP contribution >= 0.6 is 0 Å². The first-order valence-electron chi connectivity index (χ1n) is 8.44. The number of benzene rings is 2. The first kappa shape index (κ1) is 17.2. The lowest BCUT2D eigenvalue weighted by Crippen LogP contribution is -2.33. The summed E-state index contributed by atoms with van der Waals surface area (Å²) >= 11 is 0. The number of ether oxygens (including phenoxy) is 1. The maximum Gasteiger partial charge on any atom is 0.251 e. The van der Waals surface area contributed by atoms with Crippen molar-refractivity contribution in [1.29, 1.82) is 0 Å². The lowest BCUT2D eigenvalue weighted by molar-refractivity contribution is 0.0536. The quantitative estimate of drug-likeness (QED) is 0.872. The molecule has 4 heteroatoms. The molecule has 128 valence electrons. The number of amides is 1. The summed E-state index contributed by atoms with van der Waals surface area (Å²) in [4.78, 5) is 12.2. The van der Waals surface area contributed by atoms with Crippen molar-refractivity contribution in [1.82, 2.24) is 5.32 Å². The van der Waals surface area contributed by atoms with Gasteiger partial charge in [0.15, 0.2) is 0 Å². The number of halogens is 1. The lowest BCUT2D eigenvalue weighted by Gasteiger charge is -2.22. The molecular formula is C21H20FNO2. The van der Waals surface area contributed by atoms with Crippen LogP contribution in [0.1, 0.15) is 34.3 Å². The Kier molecular flexibility index (Phi) is 5.81. The van der Waals surface area contributed by atoms with Gasteiger partial charge in [-0.05, 0) is 67.3 Å². The smallest absolute Gasteiger partial charge is 0.251 e. The van der Waals surface area contributed by atoms with E-state index < -0.39 is 0 Å². The second-order valence-electron chi connectivity index (χ2n) is 6.13. The molecule has 0 radical (unpaired) electrons. The van der Waals surface area contributed by atoms with E-state index in [0.29, 0.717) is 18.0 Å². The molecule has 1 fully saturated rings. The van der Waals surface area contributed by atoms with E-state index in [1.807, 2.05) is 12.1 Å². The van der Waals surface area contributed by atoms with Crippen molar-refractivity contribution in [3.63, 3.8) is 0 Å². The average Bonchev–Trinajstić information content (AvgIpc) is 2.67. The van der Waals surface area contributed by atoms with E-state index in [4.69, 9.17) is 4.74 Å². The van der Waals surface area contributed by atoms with Crippen LogP contribution < -0.4 is 5.32 Å². The molecule has 1 saturated heterocycles. The normalized spacial score (nSPS) is 16.6. The number of hydrogen-bond acceptors (Lipinski definition) is 2. The molecule has 0 spiro atoms. The van der Waals surface area contributed by atoms with Gasteiger partial charge in [-0.2, -0.15) is 0 Å². The van der Waals surface area contributed by atoms with Crippen molar-refractivity contribution in [3.8, 4) is 11.8 Å². The predicted octanol–water partition coefficient (Wildman–Crippen LogP) is 3.38. The van der Waals surface area contributed by atoms with Gasteiger partial charge in [0.1, 0.15) is 5.82 Å². The van der Waals surface area contributed by atoms with Crippen LogP contribution in [0.15, 0.2) is 48.5 Å². The van der Waals surface area contributed by atoms with E-state index in [9.17, 15) is 9.18 Å². The molecule has 0 bridgehead atoms. The third kappa shape index (κ3) is 5.17. The van der Waals surface area contributed by atoms with Crippen LogP contribution in [-0.2, 0) is 4.74 Å². The number of hydrogen-bond donors (Lipinski definition) is 1. The Labute approximate surface area is 147 Å². The highest BCUT2D eigenvalue weighted by Gasteiger charge is 2.15. The highest BCUT2D eigenvalue weighted by atomic mass is 19.1. The van der Waals surface area contributed by atoms with Crippen LogP contribution in [0.5, 0.6) is 0 Å². The van der Waals surface area contributed by atoms with Gasteiger partial charge in [-0.1, -0.05) is 11.8 Å². The van der Waals surface area contributed by atoms with Gasteiger partial charge in [0, 0.05) is 29.8 Å². The summed E-state index contributed by atoms with van der Waals surface area (Å²) in [5, 5.41) is 2.96. The second kappa shape index (κ2) is 8.46. The van der Waals surface area contributed by atoms with Crippen LogP contribution in [0.2, 0.25) is 0 Å². The van der Waals surface area contributed by atoms with E-state index in [2.05, 4.69) is 17.2 Å². The van der Waals surface area contributed by atoms with E-state index in [1.54, 1.807) is 24.3 Å². The highest BCUT2D eigenvalue weighted by molar-refractivity contribution is 5.94. The Balaban J connectivity index is 1.56. The summed E-state index contributed by atoms with van der Waals surface area (Å²) in [5.41, 5.74) is 2.17. The third-order valence-electron chi connectivity index (χ3n) is 4.15. The van der Waals surface area contributed by atoms with Gasteiger partial charge in [-0.3, -0.25) is 4.79 Å². The van der Waals surface area contributed by atoms with Crippen LogP contribution in [0.25, 0.3) is 0 Å². The minimum atomic E-state index is -0.277. The molecule has 0 saturated carbocycles. The molecule has 3 rings (SSSR count). The fraction of sp³-hybridized carbons (Fsp3) is 0.286. The summed E-state index contributed by atoms with van der Waals surface area (Å²) in [6.45, 7) is 2.19. The summed E-state index contributed by atoms with van der Waals surface area (Å²) in [6, 6.07) is 13.2. The third-order valence-corrected chi connectivity index (χ3v) is 4.15. The van der Waals surface area contributed by atoms with Gasteiger partial charge in [-0.25, -0.2) is 4.39 Å². The maximum absolute atomic E-state index is 12.9. The highest BCUT2D eigenvalue weighted by Crippen LogP contribution is 2.12. The van der Waals surface area contributed by atoms with Gasteiger partial charge in [0.25, 0.3) is 5.91 Å². The van der Waals surface area contributed by atoms with Crippen molar-refractivity contribution < 1.29 is 13.9 Å². The molecule has 2 aromatic rings. The molecule has 1 aliphatic rings. The van der Waals surface area contributed by atoms with Gasteiger partial charge >= 0.3 is 0 Å². The van der Waals surface area contributed by atoms with E-state index in [-0.39, 0.29) is 11.7 Å². The summed E-state index contributed by atoms with van der Waals surface area (Å²) in [5.74, 6) is 6.03. The number of carbonyl (C=O) groups excluding carboxylic acids is 1. The SMILES string of the molecule is O=C(NC[C@@H]1CCCOC1)c1ccc(C#Cc2ccc(F)cc2)cc1. The summed E-state index contributed by atoms with van der Waals surface area (Å²) < 4.78 is 18.3. The topological polar surface area (TPSA) is 38.3 Å². The van der Waals surface area contributed by atoms with Crippen LogP contribution in [0.3, 0.4) is 0 Å². The van der Waals surface area contributed by atoms with Crippen LogP contribution in [-0.4, -0.2) is 25.7 Å². The van der Waals surface area contributed by atoms with E-state index in [0.717, 1.165) is 37.2 Å². The predicted molar refractivity (Wildman–Crippen MR) is 94.7 cm³/mol. The lowest BCUT2D eigenvalue weighted by atomic mass is 10.0. The molecule has 2 aromatic carbocycles. The van der Waals surface area contributed by atoms with Crippen molar-refractivity contribution in [2.24, 2.45) is 5.92 Å². The van der Waals surface area contributed by atoms with Crippen molar-refractivity contribution in [2.75, 3.05) is 19.8 Å². The summed E-state index contributed by atoms with van der Waals surface area (Å²) in [6.07, 6.45) is 2.15. The molecule has 3 nitrogen and oxygen atoms in total. The first-order valence-corrected chi connectivity index (χ1v) is 8.44. The summed E-state index contributed by atoms with van der Waals surface area (Å²) in [7, 11) is 0. The number of nitrogens with one attached hydrogen (secondary N) is 1. The minimum absolute atomic E-state index is 0.0800. The van der Waals surface area contributed by atoms with E-state index >= 15 is 0 Å². The first-order chi connectivity index (χ1) is 12.2. The fourth-order valence-corrected chi connectivity index (χ4v) is 2.69. The second-order valence-corrected chi connectivity index (χ2v) is 6.13. The molecular weight excluding hydrogens is 317 g/mol. The standard InChI is InChI=1S/C21H20FNO2/c22-20-11-7-17(8-12-20)4-3-16-5-9-19(10-6-16)21(24)23-14-18-2-1-13-25-15-18/h5-12,18H,1-2,13-15H2,(H,23,24)/t18-/m0/s1. The number of rotatable bonds is 3. The van der Waals surface area contributed by atoms with Gasteiger partial charge in [0.05, 0.1) is 6.61 Å². The van der Waals surface area contributed by atoms with Crippen molar-refractivity contribution in [3.05, 3.63) is 71.0 Å². The molecule has 1 amide bonds. The molecule has 1 N–H and O–H groups in total. The van der Waals surface area contributed by atoms with Gasteiger partial charge < -0.3 is 10.1 Å². The molecule has 1 heterocycles. The fourth-order valence-electron chi connectivity index (χ4n) is 2.69. The average molecular weight is 337 g/mol. The Hall–Kier alpha value is -2.64. The Morgan fingerprint density at radius 2 is 1.72 bits per heavy atom. The monoisotopic (exact) mass is 337 g/mol. The van der Waals surface area contributed by atoms with Crippen molar-refractivity contribution in [2.45, 2.75) is 12.8 Å². The largest absolute Gasteiger partial charge is 0.381 e. The van der Waals surface area contributed by atoms with Crippen molar-refractivity contribution >= 4 is 5.91 Å². The van der Waals surface area contributed by atoms with E-state index in [1.165, 1.54) is 12.1 Å². The molecule has 1 aliphatic heterocycles. The van der Waals surface area contributed by atoms with Gasteiger partial charge in [0.2, 0.25) is 0 Å². The minimum Gasteiger partial charge on any atom is -0.381 e. The molecule has 1 atom stereocenters. The maximum atomic E-state index is 12.9. The molecule has 25 heavy (non-hydrogen) atoms.